The molecule has 18 heavy (non-hydrogen) atoms. The number of aliphatic hydroxyl groups excluding tert-OH is 1. The molecular formula is C15H14ClNO. The van der Waals surface area contributed by atoms with Gasteiger partial charge in [-0.1, -0.05) is 17.7 Å². The van der Waals surface area contributed by atoms with Crippen molar-refractivity contribution in [2.75, 3.05) is 0 Å². The lowest BCUT2D eigenvalue weighted by Gasteiger charge is -2.13. The van der Waals surface area contributed by atoms with Crippen LogP contribution in [0, 0.1) is 12.3 Å². The molecule has 0 aliphatic rings. The van der Waals surface area contributed by atoms with Gasteiger partial charge in [0.05, 0.1) is 11.6 Å². The number of fused-ring (bicyclic) bond motifs is 1. The monoisotopic (exact) mass is 259 g/mol. The van der Waals surface area contributed by atoms with Crippen molar-refractivity contribution in [2.24, 2.45) is 0 Å². The number of hydrogen-bond donors (Lipinski definition) is 1. The van der Waals surface area contributed by atoms with E-state index in [1.807, 2.05) is 18.2 Å². The summed E-state index contributed by atoms with van der Waals surface area (Å²) in [5.74, 6) is 2.57. The molecule has 92 valence electrons. The van der Waals surface area contributed by atoms with Crippen LogP contribution in [0.4, 0.5) is 0 Å². The second-order valence-corrected chi connectivity index (χ2v) is 4.56. The number of aromatic nitrogens is 1. The van der Waals surface area contributed by atoms with Crippen molar-refractivity contribution in [1.29, 1.82) is 0 Å². The van der Waals surface area contributed by atoms with E-state index >= 15 is 0 Å². The van der Waals surface area contributed by atoms with Crippen LogP contribution in [0.1, 0.15) is 30.9 Å². The topological polar surface area (TPSA) is 33.1 Å². The molecule has 1 aromatic carbocycles. The number of terminal acetylenes is 1. The number of benzene rings is 1. The molecule has 2 aromatic rings. The molecule has 0 saturated carbocycles. The van der Waals surface area contributed by atoms with Crippen LogP contribution in [0.2, 0.25) is 5.02 Å². The van der Waals surface area contributed by atoms with Gasteiger partial charge >= 0.3 is 0 Å². The summed E-state index contributed by atoms with van der Waals surface area (Å²) < 4.78 is 0. The van der Waals surface area contributed by atoms with Crippen molar-refractivity contribution in [3.8, 4) is 12.3 Å². The van der Waals surface area contributed by atoms with Gasteiger partial charge in [-0.25, -0.2) is 0 Å². The summed E-state index contributed by atoms with van der Waals surface area (Å²) in [6.45, 7) is 0. The zero-order valence-corrected chi connectivity index (χ0v) is 10.7. The minimum atomic E-state index is -0.548. The van der Waals surface area contributed by atoms with Crippen LogP contribution in [0.3, 0.4) is 0 Å². The summed E-state index contributed by atoms with van der Waals surface area (Å²) >= 11 is 6.11. The van der Waals surface area contributed by atoms with Crippen LogP contribution < -0.4 is 0 Å². The first kappa shape index (κ1) is 12.9. The van der Waals surface area contributed by atoms with Crippen molar-refractivity contribution in [3.05, 3.63) is 41.0 Å². The average Bonchev–Trinajstić information content (AvgIpc) is 2.39. The molecule has 0 spiro atoms. The van der Waals surface area contributed by atoms with Crippen molar-refractivity contribution < 1.29 is 5.11 Å². The molecule has 0 saturated heterocycles. The van der Waals surface area contributed by atoms with Gasteiger partial charge in [0.1, 0.15) is 0 Å². The fourth-order valence-electron chi connectivity index (χ4n) is 1.98. The number of aliphatic hydroxyl groups is 1. The van der Waals surface area contributed by atoms with Gasteiger partial charge in [0, 0.05) is 28.6 Å². The van der Waals surface area contributed by atoms with Crippen LogP contribution >= 0.6 is 11.6 Å². The standard InChI is InChI=1S/C15H14ClNO/c1-2-3-4-7-14(18)12-8-9-13(16)11-6-5-10-17-15(11)12/h1,5-6,8-10,14,18H,3-4,7H2. The van der Waals surface area contributed by atoms with E-state index in [9.17, 15) is 5.11 Å². The molecular weight excluding hydrogens is 246 g/mol. The molecule has 1 atom stereocenters. The highest BCUT2D eigenvalue weighted by Crippen LogP contribution is 2.30. The van der Waals surface area contributed by atoms with Gasteiger partial charge in [-0.05, 0) is 31.0 Å². The number of rotatable bonds is 4. The summed E-state index contributed by atoms with van der Waals surface area (Å²) in [6, 6.07) is 7.37. The number of halogens is 1. The maximum atomic E-state index is 10.2. The lowest BCUT2D eigenvalue weighted by molar-refractivity contribution is 0.166. The van der Waals surface area contributed by atoms with E-state index in [1.165, 1.54) is 0 Å². The predicted molar refractivity (Wildman–Crippen MR) is 74.4 cm³/mol. The normalized spacial score (nSPS) is 12.3. The van der Waals surface area contributed by atoms with E-state index in [-0.39, 0.29) is 0 Å². The van der Waals surface area contributed by atoms with Gasteiger partial charge in [0.2, 0.25) is 0 Å². The van der Waals surface area contributed by atoms with Crippen molar-refractivity contribution in [2.45, 2.75) is 25.4 Å². The second-order valence-electron chi connectivity index (χ2n) is 4.15. The average molecular weight is 260 g/mol. The summed E-state index contributed by atoms with van der Waals surface area (Å²) in [7, 11) is 0. The van der Waals surface area contributed by atoms with E-state index in [0.717, 1.165) is 22.9 Å². The van der Waals surface area contributed by atoms with E-state index < -0.39 is 6.10 Å². The number of pyridine rings is 1. The molecule has 0 fully saturated rings. The summed E-state index contributed by atoms with van der Waals surface area (Å²) in [5, 5.41) is 11.7. The van der Waals surface area contributed by atoms with Gasteiger partial charge in [0.25, 0.3) is 0 Å². The molecule has 0 aliphatic carbocycles. The molecule has 1 unspecified atom stereocenters. The molecule has 0 radical (unpaired) electrons. The Morgan fingerprint density at radius 3 is 3.00 bits per heavy atom. The first-order chi connectivity index (χ1) is 8.74. The largest absolute Gasteiger partial charge is 0.388 e. The third-order valence-corrected chi connectivity index (χ3v) is 3.23. The molecule has 3 heteroatoms. The summed E-state index contributed by atoms with van der Waals surface area (Å²) in [4.78, 5) is 4.31. The minimum Gasteiger partial charge on any atom is -0.388 e. The zero-order chi connectivity index (χ0) is 13.0. The second kappa shape index (κ2) is 5.86. The fraction of sp³-hybridized carbons (Fsp3) is 0.267. The highest BCUT2D eigenvalue weighted by atomic mass is 35.5. The third kappa shape index (κ3) is 2.64. The lowest BCUT2D eigenvalue weighted by Crippen LogP contribution is -1.99. The maximum Gasteiger partial charge on any atom is 0.0811 e. The molecule has 0 bridgehead atoms. The lowest BCUT2D eigenvalue weighted by atomic mass is 10.0. The van der Waals surface area contributed by atoms with Gasteiger partial charge in [-0.15, -0.1) is 12.3 Å². The molecule has 0 aliphatic heterocycles. The molecule has 1 heterocycles. The Bertz CT molecular complexity index is 589. The molecule has 1 aromatic heterocycles. The van der Waals surface area contributed by atoms with E-state index in [0.29, 0.717) is 17.9 Å². The Kier molecular flexibility index (Phi) is 4.19. The quantitative estimate of drug-likeness (QED) is 0.670. The molecule has 1 N–H and O–H groups in total. The first-order valence-corrected chi connectivity index (χ1v) is 6.26. The van der Waals surface area contributed by atoms with Crippen molar-refractivity contribution >= 4 is 22.5 Å². The van der Waals surface area contributed by atoms with E-state index in [2.05, 4.69) is 10.9 Å². The molecule has 0 amide bonds. The SMILES string of the molecule is C#CCCCC(O)c1ccc(Cl)c2cccnc12. The summed E-state index contributed by atoms with van der Waals surface area (Å²) in [6.07, 6.45) is 8.47. The molecule has 2 nitrogen and oxygen atoms in total. The highest BCUT2D eigenvalue weighted by molar-refractivity contribution is 6.35. The van der Waals surface area contributed by atoms with E-state index in [4.69, 9.17) is 18.0 Å². The number of hydrogen-bond acceptors (Lipinski definition) is 2. The smallest absolute Gasteiger partial charge is 0.0811 e. The predicted octanol–water partition coefficient (Wildman–Crippen LogP) is 3.73. The van der Waals surface area contributed by atoms with Crippen molar-refractivity contribution in [3.63, 3.8) is 0 Å². The number of nitrogens with zero attached hydrogens (tertiary/aromatic N) is 1. The Labute approximate surface area is 112 Å². The Morgan fingerprint density at radius 2 is 2.22 bits per heavy atom. The van der Waals surface area contributed by atoms with Gasteiger partial charge in [-0.3, -0.25) is 4.98 Å². The van der Waals surface area contributed by atoms with E-state index in [1.54, 1.807) is 12.3 Å². The van der Waals surface area contributed by atoms with Crippen LogP contribution in [-0.4, -0.2) is 10.1 Å². The maximum absolute atomic E-state index is 10.2. The van der Waals surface area contributed by atoms with Crippen molar-refractivity contribution in [1.82, 2.24) is 4.98 Å². The van der Waals surface area contributed by atoms with Crippen LogP contribution in [0.15, 0.2) is 30.5 Å². The van der Waals surface area contributed by atoms with Crippen LogP contribution in [0.25, 0.3) is 10.9 Å². The Morgan fingerprint density at radius 1 is 1.39 bits per heavy atom. The Hall–Kier alpha value is -1.56. The summed E-state index contributed by atoms with van der Waals surface area (Å²) in [5.41, 5.74) is 1.57. The zero-order valence-electron chi connectivity index (χ0n) is 9.94. The molecule has 2 rings (SSSR count). The van der Waals surface area contributed by atoms with Gasteiger partial charge < -0.3 is 5.11 Å². The Balaban J connectivity index is 2.34. The van der Waals surface area contributed by atoms with Gasteiger partial charge in [0.15, 0.2) is 0 Å². The van der Waals surface area contributed by atoms with Gasteiger partial charge in [-0.2, -0.15) is 0 Å². The highest BCUT2D eigenvalue weighted by Gasteiger charge is 2.13. The first-order valence-electron chi connectivity index (χ1n) is 5.88. The number of unbranched alkanes of at least 4 members (excludes halogenated alkanes) is 1. The fourth-order valence-corrected chi connectivity index (χ4v) is 2.20. The third-order valence-electron chi connectivity index (χ3n) is 2.91. The van der Waals surface area contributed by atoms with Crippen LogP contribution in [-0.2, 0) is 0 Å². The minimum absolute atomic E-state index is 0.548. The van der Waals surface area contributed by atoms with Crippen LogP contribution in [0.5, 0.6) is 0 Å².